The van der Waals surface area contributed by atoms with E-state index in [1.807, 2.05) is 0 Å². The Morgan fingerprint density at radius 1 is 1.14 bits per heavy atom. The van der Waals surface area contributed by atoms with Crippen molar-refractivity contribution in [2.24, 2.45) is 5.73 Å². The van der Waals surface area contributed by atoms with Gasteiger partial charge in [0.15, 0.2) is 0 Å². The number of nitrogens with zero attached hydrogens (tertiary/aromatic N) is 2. The van der Waals surface area contributed by atoms with E-state index in [2.05, 4.69) is 4.98 Å². The van der Waals surface area contributed by atoms with E-state index in [9.17, 15) is 13.2 Å². The fourth-order valence-corrected chi connectivity index (χ4v) is 1.57. The Labute approximate surface area is 118 Å². The lowest BCUT2D eigenvalue weighted by molar-refractivity contribution is -0.141. The molecular weight excluding hydrogens is 283 g/mol. The molecule has 108 valence electrons. The number of hydrogen-bond donors (Lipinski definition) is 1. The average Bonchev–Trinajstić information content (AvgIpc) is 2.47. The summed E-state index contributed by atoms with van der Waals surface area (Å²) in [7, 11) is 0. The number of halogens is 3. The van der Waals surface area contributed by atoms with Gasteiger partial charge >= 0.3 is 6.18 Å². The van der Waals surface area contributed by atoms with E-state index in [4.69, 9.17) is 15.7 Å². The molecule has 0 saturated carbocycles. The minimum atomic E-state index is -4.60. The summed E-state index contributed by atoms with van der Waals surface area (Å²) in [6, 6.07) is 9.95. The summed E-state index contributed by atoms with van der Waals surface area (Å²) in [5.41, 5.74) is 5.10. The van der Waals surface area contributed by atoms with Crippen LogP contribution in [0, 0.1) is 11.3 Å². The van der Waals surface area contributed by atoms with Crippen LogP contribution in [0.1, 0.15) is 16.8 Å². The van der Waals surface area contributed by atoms with E-state index in [0.29, 0.717) is 6.54 Å². The van der Waals surface area contributed by atoms with Crippen LogP contribution in [0.4, 0.5) is 13.2 Å². The average molecular weight is 293 g/mol. The van der Waals surface area contributed by atoms with Crippen molar-refractivity contribution < 1.29 is 17.9 Å². The first kappa shape index (κ1) is 14.8. The smallest absolute Gasteiger partial charge is 0.433 e. The molecule has 1 aromatic carbocycles. The summed E-state index contributed by atoms with van der Waals surface area (Å²) in [5, 5.41) is 8.90. The summed E-state index contributed by atoms with van der Waals surface area (Å²) < 4.78 is 43.1. The molecule has 0 fully saturated rings. The van der Waals surface area contributed by atoms with Crippen molar-refractivity contribution in [2.45, 2.75) is 12.7 Å². The number of ether oxygens (including phenoxy) is 1. The first-order valence-electron chi connectivity index (χ1n) is 5.89. The van der Waals surface area contributed by atoms with Gasteiger partial charge in [-0.05, 0) is 29.8 Å². The molecule has 1 aromatic heterocycles. The lowest BCUT2D eigenvalue weighted by atomic mass is 10.2. The monoisotopic (exact) mass is 293 g/mol. The first-order valence-corrected chi connectivity index (χ1v) is 5.89. The van der Waals surface area contributed by atoms with Crippen LogP contribution >= 0.6 is 0 Å². The standard InChI is InChI=1S/C14H10F3N3O/c15-14(16,17)12-6-3-10(8-19)13(20-12)21-11-4-1-9(7-18)2-5-11/h1-6H,7,18H2. The van der Waals surface area contributed by atoms with Crippen molar-refractivity contribution in [1.29, 1.82) is 5.26 Å². The van der Waals surface area contributed by atoms with Crippen LogP contribution in [0.5, 0.6) is 11.6 Å². The minimum Gasteiger partial charge on any atom is -0.438 e. The second-order valence-corrected chi connectivity index (χ2v) is 4.11. The van der Waals surface area contributed by atoms with Crippen LogP contribution in [0.15, 0.2) is 36.4 Å². The summed E-state index contributed by atoms with van der Waals surface area (Å²) in [5.74, 6) is -0.108. The van der Waals surface area contributed by atoms with Gasteiger partial charge in [0.2, 0.25) is 5.88 Å². The van der Waals surface area contributed by atoms with Crippen molar-refractivity contribution in [1.82, 2.24) is 4.98 Å². The zero-order valence-corrected chi connectivity index (χ0v) is 10.7. The molecule has 0 aliphatic heterocycles. The van der Waals surface area contributed by atoms with E-state index in [1.165, 1.54) is 0 Å². The fraction of sp³-hybridized carbons (Fsp3) is 0.143. The predicted octanol–water partition coefficient (Wildman–Crippen LogP) is 3.22. The fourth-order valence-electron chi connectivity index (χ4n) is 1.57. The quantitative estimate of drug-likeness (QED) is 0.943. The highest BCUT2D eigenvalue weighted by molar-refractivity contribution is 5.42. The number of nitrogens with two attached hydrogens (primary N) is 1. The first-order chi connectivity index (χ1) is 9.94. The second-order valence-electron chi connectivity index (χ2n) is 4.11. The van der Waals surface area contributed by atoms with Gasteiger partial charge in [0, 0.05) is 6.54 Å². The maximum Gasteiger partial charge on any atom is 0.433 e. The Bertz CT molecular complexity index is 675. The topological polar surface area (TPSA) is 71.9 Å². The molecule has 1 heterocycles. The summed E-state index contributed by atoms with van der Waals surface area (Å²) in [4.78, 5) is 3.36. The molecule has 0 unspecified atom stereocenters. The molecular formula is C14H10F3N3O. The Morgan fingerprint density at radius 2 is 1.81 bits per heavy atom. The number of benzene rings is 1. The van der Waals surface area contributed by atoms with Gasteiger partial charge in [-0.2, -0.15) is 18.4 Å². The molecule has 2 N–H and O–H groups in total. The highest BCUT2D eigenvalue weighted by atomic mass is 19.4. The summed E-state index contributed by atoms with van der Waals surface area (Å²) in [6.45, 7) is 0.339. The van der Waals surface area contributed by atoms with Crippen molar-refractivity contribution in [3.05, 3.63) is 53.2 Å². The van der Waals surface area contributed by atoms with Crippen molar-refractivity contribution in [3.63, 3.8) is 0 Å². The number of pyridine rings is 1. The van der Waals surface area contributed by atoms with Gasteiger partial charge in [-0.3, -0.25) is 0 Å². The molecule has 0 spiro atoms. The number of nitriles is 1. The van der Waals surface area contributed by atoms with Gasteiger partial charge in [0.25, 0.3) is 0 Å². The van der Waals surface area contributed by atoms with Gasteiger partial charge in [-0.1, -0.05) is 12.1 Å². The number of aromatic nitrogens is 1. The van der Waals surface area contributed by atoms with Crippen LogP contribution in [0.3, 0.4) is 0 Å². The van der Waals surface area contributed by atoms with Gasteiger partial charge in [0.05, 0.1) is 0 Å². The number of rotatable bonds is 3. The number of hydrogen-bond acceptors (Lipinski definition) is 4. The van der Waals surface area contributed by atoms with Crippen molar-refractivity contribution in [2.75, 3.05) is 0 Å². The molecule has 2 rings (SSSR count). The molecule has 4 nitrogen and oxygen atoms in total. The van der Waals surface area contributed by atoms with E-state index < -0.39 is 11.9 Å². The third kappa shape index (κ3) is 3.49. The summed E-state index contributed by atoms with van der Waals surface area (Å²) in [6.07, 6.45) is -4.60. The van der Waals surface area contributed by atoms with E-state index in [-0.39, 0.29) is 17.2 Å². The zero-order chi connectivity index (χ0) is 15.5. The SMILES string of the molecule is N#Cc1ccc(C(F)(F)F)nc1Oc1ccc(CN)cc1. The molecule has 0 amide bonds. The summed E-state index contributed by atoms with van der Waals surface area (Å²) >= 11 is 0. The van der Waals surface area contributed by atoms with Gasteiger partial charge < -0.3 is 10.5 Å². The molecule has 0 saturated heterocycles. The van der Waals surface area contributed by atoms with Crippen molar-refractivity contribution >= 4 is 0 Å². The molecule has 2 aromatic rings. The maximum absolute atomic E-state index is 12.6. The van der Waals surface area contributed by atoms with Gasteiger partial charge in [-0.25, -0.2) is 4.98 Å². The highest BCUT2D eigenvalue weighted by Crippen LogP contribution is 2.31. The molecule has 0 aliphatic carbocycles. The Hall–Kier alpha value is -2.59. The zero-order valence-electron chi connectivity index (χ0n) is 10.7. The maximum atomic E-state index is 12.6. The van der Waals surface area contributed by atoms with E-state index >= 15 is 0 Å². The Balaban J connectivity index is 2.35. The normalized spacial score (nSPS) is 11.0. The molecule has 0 atom stereocenters. The lowest BCUT2D eigenvalue weighted by Gasteiger charge is -2.10. The van der Waals surface area contributed by atoms with Gasteiger partial charge in [0.1, 0.15) is 23.1 Å². The highest BCUT2D eigenvalue weighted by Gasteiger charge is 2.33. The predicted molar refractivity (Wildman–Crippen MR) is 68.4 cm³/mol. The Morgan fingerprint density at radius 3 is 2.33 bits per heavy atom. The van der Waals surface area contributed by atoms with Crippen LogP contribution in [-0.4, -0.2) is 4.98 Å². The Kier molecular flexibility index (Phi) is 4.10. The van der Waals surface area contributed by atoms with Crippen LogP contribution in [-0.2, 0) is 12.7 Å². The number of alkyl halides is 3. The molecule has 21 heavy (non-hydrogen) atoms. The van der Waals surface area contributed by atoms with Gasteiger partial charge in [-0.15, -0.1) is 0 Å². The molecule has 0 bridgehead atoms. The lowest BCUT2D eigenvalue weighted by Crippen LogP contribution is -2.09. The van der Waals surface area contributed by atoms with E-state index in [0.717, 1.165) is 17.7 Å². The van der Waals surface area contributed by atoms with Crippen LogP contribution < -0.4 is 10.5 Å². The molecule has 7 heteroatoms. The third-order valence-corrected chi connectivity index (χ3v) is 2.64. The van der Waals surface area contributed by atoms with E-state index in [1.54, 1.807) is 30.3 Å². The second kappa shape index (κ2) is 5.81. The third-order valence-electron chi connectivity index (χ3n) is 2.64. The minimum absolute atomic E-state index is 0.0779. The van der Waals surface area contributed by atoms with Crippen molar-refractivity contribution in [3.8, 4) is 17.7 Å². The van der Waals surface area contributed by atoms with Crippen LogP contribution in [0.2, 0.25) is 0 Å². The molecule has 0 radical (unpaired) electrons. The largest absolute Gasteiger partial charge is 0.438 e. The van der Waals surface area contributed by atoms with Crippen LogP contribution in [0.25, 0.3) is 0 Å². The molecule has 0 aliphatic rings.